The van der Waals surface area contributed by atoms with Crippen LogP contribution in [-0.4, -0.2) is 35.3 Å². The average molecular weight is 404 g/mol. The van der Waals surface area contributed by atoms with Gasteiger partial charge in [0.15, 0.2) is 5.60 Å². The van der Waals surface area contributed by atoms with Gasteiger partial charge < -0.3 is 9.84 Å². The van der Waals surface area contributed by atoms with E-state index in [2.05, 4.69) is 4.74 Å². The van der Waals surface area contributed by atoms with Crippen molar-refractivity contribution in [2.24, 2.45) is 0 Å². The molecule has 1 N–H and O–H groups in total. The van der Waals surface area contributed by atoms with Crippen LogP contribution in [0.15, 0.2) is 18.2 Å². The highest BCUT2D eigenvalue weighted by atomic mass is 35.5. The molecule has 0 spiro atoms. The molecule has 0 fully saturated rings. The van der Waals surface area contributed by atoms with Gasteiger partial charge in [0.2, 0.25) is 0 Å². The van der Waals surface area contributed by atoms with E-state index < -0.39 is 11.6 Å². The van der Waals surface area contributed by atoms with Crippen molar-refractivity contribution in [3.8, 4) is 6.07 Å². The molecule has 0 aromatic heterocycles. The van der Waals surface area contributed by atoms with Gasteiger partial charge in [-0.05, 0) is 42.7 Å². The zero-order valence-corrected chi connectivity index (χ0v) is 16.6. The first-order valence-corrected chi connectivity index (χ1v) is 10.0. The van der Waals surface area contributed by atoms with Gasteiger partial charge in [0.1, 0.15) is 0 Å². The second kappa shape index (κ2) is 11.6. The summed E-state index contributed by atoms with van der Waals surface area (Å²) in [6.07, 6.45) is 4.67. The molecule has 25 heavy (non-hydrogen) atoms. The Hall–Kier alpha value is -0.930. The van der Waals surface area contributed by atoms with Crippen LogP contribution in [0.5, 0.6) is 0 Å². The molecule has 0 aliphatic carbocycles. The predicted octanol–water partition coefficient (Wildman–Crippen LogP) is 4.65. The van der Waals surface area contributed by atoms with Crippen molar-refractivity contribution < 1.29 is 14.6 Å². The molecule has 0 aliphatic rings. The molecular weight excluding hydrogens is 381 g/mol. The van der Waals surface area contributed by atoms with Gasteiger partial charge in [0.25, 0.3) is 0 Å². The van der Waals surface area contributed by atoms with Crippen LogP contribution in [0.25, 0.3) is 0 Å². The third-order valence-corrected chi connectivity index (χ3v) is 5.71. The Bertz CT molecular complexity index is 586. The second-order valence-electron chi connectivity index (χ2n) is 5.81. The molecule has 0 aliphatic heterocycles. The summed E-state index contributed by atoms with van der Waals surface area (Å²) in [6, 6.07) is 7.34. The van der Waals surface area contributed by atoms with E-state index in [4.69, 9.17) is 28.5 Å². The molecule has 1 rings (SSSR count). The summed E-state index contributed by atoms with van der Waals surface area (Å²) in [4.78, 5) is 11.2. The molecule has 0 heterocycles. The molecule has 0 bridgehead atoms. The Morgan fingerprint density at radius 2 is 1.92 bits per heavy atom. The number of methoxy groups -OCH3 is 1. The lowest BCUT2D eigenvalue weighted by molar-refractivity contribution is -0.143. The SMILES string of the molecule is COC(=O)CC(O)(C#N)CSCCCCCCc1c(Cl)cccc1Cl. The number of ether oxygens (including phenoxy) is 1. The Labute approximate surface area is 163 Å². The van der Waals surface area contributed by atoms with E-state index in [0.29, 0.717) is 10.0 Å². The number of benzene rings is 1. The average Bonchev–Trinajstić information content (AvgIpc) is 2.59. The number of carbonyl (C=O) groups excluding carboxylic acids is 1. The van der Waals surface area contributed by atoms with E-state index in [1.807, 2.05) is 18.2 Å². The smallest absolute Gasteiger partial charge is 0.309 e. The van der Waals surface area contributed by atoms with Crippen LogP contribution in [0, 0.1) is 11.3 Å². The zero-order chi connectivity index (χ0) is 18.7. The monoisotopic (exact) mass is 403 g/mol. The fourth-order valence-corrected chi connectivity index (χ4v) is 3.95. The molecule has 138 valence electrons. The third kappa shape index (κ3) is 8.33. The molecule has 0 saturated heterocycles. The number of aliphatic hydroxyl groups is 1. The standard InChI is InChI=1S/C18H23Cl2NO3S/c1-24-17(22)11-18(23,12-21)13-25-10-5-3-2-4-7-14-15(19)8-6-9-16(14)20/h6,8-9,23H,2-5,7,10-11,13H2,1H3. The van der Waals surface area contributed by atoms with E-state index in [1.165, 1.54) is 18.9 Å². The minimum atomic E-state index is -1.65. The van der Waals surface area contributed by atoms with Crippen molar-refractivity contribution in [2.75, 3.05) is 18.6 Å². The highest BCUT2D eigenvalue weighted by Crippen LogP contribution is 2.26. The maximum Gasteiger partial charge on any atom is 0.309 e. The van der Waals surface area contributed by atoms with Crippen molar-refractivity contribution in [3.05, 3.63) is 33.8 Å². The van der Waals surface area contributed by atoms with Crippen molar-refractivity contribution in [1.29, 1.82) is 5.26 Å². The van der Waals surface area contributed by atoms with Gasteiger partial charge in [-0.15, -0.1) is 0 Å². The Morgan fingerprint density at radius 3 is 2.52 bits per heavy atom. The molecule has 1 aromatic carbocycles. The molecule has 0 radical (unpaired) electrons. The number of unbranched alkanes of at least 4 members (excludes halogenated alkanes) is 3. The number of esters is 1. The van der Waals surface area contributed by atoms with E-state index >= 15 is 0 Å². The largest absolute Gasteiger partial charge is 0.469 e. The lowest BCUT2D eigenvalue weighted by Crippen LogP contribution is -2.33. The summed E-state index contributed by atoms with van der Waals surface area (Å²) >= 11 is 13.8. The minimum Gasteiger partial charge on any atom is -0.469 e. The van der Waals surface area contributed by atoms with Crippen LogP contribution >= 0.6 is 35.0 Å². The first-order valence-electron chi connectivity index (χ1n) is 8.13. The van der Waals surface area contributed by atoms with E-state index in [1.54, 1.807) is 6.07 Å². The highest BCUT2D eigenvalue weighted by molar-refractivity contribution is 7.99. The molecule has 7 heteroatoms. The summed E-state index contributed by atoms with van der Waals surface area (Å²) in [5.41, 5.74) is -0.652. The van der Waals surface area contributed by atoms with Gasteiger partial charge in [-0.2, -0.15) is 17.0 Å². The summed E-state index contributed by atoms with van der Waals surface area (Å²) in [7, 11) is 1.24. The third-order valence-electron chi connectivity index (χ3n) is 3.74. The number of thioether (sulfide) groups is 1. The van der Waals surface area contributed by atoms with Gasteiger partial charge >= 0.3 is 5.97 Å². The van der Waals surface area contributed by atoms with Crippen LogP contribution in [0.2, 0.25) is 10.0 Å². The number of hydrogen-bond donors (Lipinski definition) is 1. The van der Waals surface area contributed by atoms with Crippen molar-refractivity contribution in [3.63, 3.8) is 0 Å². The van der Waals surface area contributed by atoms with Crippen LogP contribution in [0.3, 0.4) is 0 Å². The summed E-state index contributed by atoms with van der Waals surface area (Å²) in [6.45, 7) is 0. The van der Waals surface area contributed by atoms with E-state index in [0.717, 1.165) is 43.4 Å². The van der Waals surface area contributed by atoms with Crippen molar-refractivity contribution in [1.82, 2.24) is 0 Å². The second-order valence-corrected chi connectivity index (χ2v) is 7.73. The quantitative estimate of drug-likeness (QED) is 0.330. The van der Waals surface area contributed by atoms with Crippen LogP contribution in [0.4, 0.5) is 0 Å². The molecular formula is C18H23Cl2NO3S. The molecule has 4 nitrogen and oxygen atoms in total. The van der Waals surface area contributed by atoms with Crippen LogP contribution in [0.1, 0.15) is 37.7 Å². The highest BCUT2D eigenvalue weighted by Gasteiger charge is 2.30. The Balaban J connectivity index is 2.16. The molecule has 0 amide bonds. The van der Waals surface area contributed by atoms with Crippen molar-refractivity contribution >= 4 is 40.9 Å². The normalized spacial score (nSPS) is 13.1. The summed E-state index contributed by atoms with van der Waals surface area (Å²) in [5, 5.41) is 20.5. The number of nitriles is 1. The molecule has 1 aromatic rings. The first-order chi connectivity index (χ1) is 11.9. The minimum absolute atomic E-state index is 0.202. The summed E-state index contributed by atoms with van der Waals surface area (Å²) < 4.78 is 4.49. The first kappa shape index (κ1) is 22.1. The number of halogens is 2. The van der Waals surface area contributed by atoms with Gasteiger partial charge in [0, 0.05) is 15.8 Å². The Morgan fingerprint density at radius 1 is 1.28 bits per heavy atom. The van der Waals surface area contributed by atoms with Crippen LogP contribution < -0.4 is 0 Å². The van der Waals surface area contributed by atoms with Crippen LogP contribution in [-0.2, 0) is 16.0 Å². The van der Waals surface area contributed by atoms with E-state index in [9.17, 15) is 9.90 Å². The lowest BCUT2D eigenvalue weighted by Gasteiger charge is -2.18. The van der Waals surface area contributed by atoms with Gasteiger partial charge in [-0.1, -0.05) is 42.1 Å². The lowest BCUT2D eigenvalue weighted by atomic mass is 10.1. The number of carbonyl (C=O) groups is 1. The molecule has 1 atom stereocenters. The van der Waals surface area contributed by atoms with E-state index in [-0.39, 0.29) is 12.2 Å². The maximum atomic E-state index is 11.2. The Kier molecular flexibility index (Phi) is 10.3. The van der Waals surface area contributed by atoms with Gasteiger partial charge in [-0.25, -0.2) is 0 Å². The fraction of sp³-hybridized carbons (Fsp3) is 0.556. The number of nitrogens with zero attached hydrogens (tertiary/aromatic N) is 1. The predicted molar refractivity (Wildman–Crippen MR) is 103 cm³/mol. The maximum absolute atomic E-state index is 11.2. The summed E-state index contributed by atoms with van der Waals surface area (Å²) in [5.74, 6) is 0.453. The topological polar surface area (TPSA) is 70.3 Å². The van der Waals surface area contributed by atoms with Gasteiger partial charge in [0.05, 0.1) is 19.6 Å². The number of rotatable bonds is 11. The molecule has 0 saturated carbocycles. The zero-order valence-electron chi connectivity index (χ0n) is 14.3. The number of hydrogen-bond acceptors (Lipinski definition) is 5. The van der Waals surface area contributed by atoms with Gasteiger partial charge in [-0.3, -0.25) is 4.79 Å². The van der Waals surface area contributed by atoms with Crippen molar-refractivity contribution in [2.45, 2.75) is 44.1 Å². The molecule has 1 unspecified atom stereocenters. The fourth-order valence-electron chi connectivity index (χ4n) is 2.31.